The standard InChI is InChI=1S/C21H21FN2O/c22-19-9-3-1-7-15(19)17(13-21(25)24-11-5-6-12-24)18-14-23-20-10-4-2-8-16(18)20/h1-4,7-10,14,17,23H,5-6,11-13H2/t17-/m1/s1. The van der Waals surface area contributed by atoms with E-state index in [1.807, 2.05) is 41.4 Å². The molecule has 4 heteroatoms. The largest absolute Gasteiger partial charge is 0.361 e. The van der Waals surface area contributed by atoms with E-state index in [1.165, 1.54) is 6.07 Å². The molecule has 0 saturated carbocycles. The van der Waals surface area contributed by atoms with E-state index in [9.17, 15) is 9.18 Å². The molecule has 2 heterocycles. The van der Waals surface area contributed by atoms with E-state index in [0.29, 0.717) is 12.0 Å². The molecule has 25 heavy (non-hydrogen) atoms. The first-order valence-electron chi connectivity index (χ1n) is 8.82. The van der Waals surface area contributed by atoms with Gasteiger partial charge in [0, 0.05) is 42.5 Å². The number of benzene rings is 2. The monoisotopic (exact) mass is 336 g/mol. The van der Waals surface area contributed by atoms with Crippen LogP contribution in [0.4, 0.5) is 4.39 Å². The van der Waals surface area contributed by atoms with Gasteiger partial charge in [0.2, 0.25) is 5.91 Å². The Morgan fingerprint density at radius 3 is 2.56 bits per heavy atom. The number of hydrogen-bond acceptors (Lipinski definition) is 1. The molecule has 1 amide bonds. The van der Waals surface area contributed by atoms with Crippen LogP contribution in [0.1, 0.15) is 36.3 Å². The van der Waals surface area contributed by atoms with Crippen LogP contribution in [0.25, 0.3) is 10.9 Å². The third-order valence-electron chi connectivity index (χ3n) is 5.11. The van der Waals surface area contributed by atoms with Gasteiger partial charge in [0.15, 0.2) is 0 Å². The topological polar surface area (TPSA) is 36.1 Å². The number of aromatic amines is 1. The molecule has 0 aliphatic carbocycles. The number of nitrogens with one attached hydrogen (secondary N) is 1. The average molecular weight is 336 g/mol. The van der Waals surface area contributed by atoms with Crippen molar-refractivity contribution in [3.8, 4) is 0 Å². The number of fused-ring (bicyclic) bond motifs is 1. The van der Waals surface area contributed by atoms with E-state index < -0.39 is 0 Å². The Balaban J connectivity index is 1.76. The lowest BCUT2D eigenvalue weighted by atomic mass is 9.87. The van der Waals surface area contributed by atoms with Gasteiger partial charge in [-0.2, -0.15) is 0 Å². The minimum absolute atomic E-state index is 0.107. The third kappa shape index (κ3) is 3.04. The summed E-state index contributed by atoms with van der Waals surface area (Å²) in [4.78, 5) is 17.9. The van der Waals surface area contributed by atoms with Gasteiger partial charge >= 0.3 is 0 Å². The van der Waals surface area contributed by atoms with E-state index in [-0.39, 0.29) is 17.6 Å². The fourth-order valence-corrected chi connectivity index (χ4v) is 3.80. The fourth-order valence-electron chi connectivity index (χ4n) is 3.80. The van der Waals surface area contributed by atoms with Crippen molar-refractivity contribution in [2.45, 2.75) is 25.2 Å². The summed E-state index contributed by atoms with van der Waals surface area (Å²) in [5, 5.41) is 1.05. The molecule has 3 nitrogen and oxygen atoms in total. The predicted molar refractivity (Wildman–Crippen MR) is 97.0 cm³/mol. The molecule has 0 bridgehead atoms. The maximum absolute atomic E-state index is 14.5. The van der Waals surface area contributed by atoms with Gasteiger partial charge in [-0.05, 0) is 36.1 Å². The summed E-state index contributed by atoms with van der Waals surface area (Å²) in [5.74, 6) is -0.437. The molecule has 0 radical (unpaired) electrons. The lowest BCUT2D eigenvalue weighted by Crippen LogP contribution is -2.29. The van der Waals surface area contributed by atoms with Crippen LogP contribution in [-0.4, -0.2) is 28.9 Å². The Kier molecular flexibility index (Phi) is 4.26. The number of aromatic nitrogens is 1. The molecule has 1 aliphatic heterocycles. The zero-order chi connectivity index (χ0) is 17.2. The average Bonchev–Trinajstić information content (AvgIpc) is 3.30. The minimum Gasteiger partial charge on any atom is -0.361 e. The van der Waals surface area contributed by atoms with Crippen molar-refractivity contribution in [3.05, 3.63) is 71.7 Å². The molecule has 1 fully saturated rings. The van der Waals surface area contributed by atoms with Crippen molar-refractivity contribution in [1.82, 2.24) is 9.88 Å². The van der Waals surface area contributed by atoms with E-state index in [4.69, 9.17) is 0 Å². The summed E-state index contributed by atoms with van der Waals surface area (Å²) in [7, 11) is 0. The van der Waals surface area contributed by atoms with Crippen LogP contribution >= 0.6 is 0 Å². The molecule has 128 valence electrons. The van der Waals surface area contributed by atoms with E-state index >= 15 is 0 Å². The number of carbonyl (C=O) groups excluding carboxylic acids is 1. The lowest BCUT2D eigenvalue weighted by Gasteiger charge is -2.22. The number of halogens is 1. The van der Waals surface area contributed by atoms with E-state index in [2.05, 4.69) is 4.98 Å². The van der Waals surface area contributed by atoms with Gasteiger partial charge in [-0.3, -0.25) is 4.79 Å². The Hall–Kier alpha value is -2.62. The molecule has 2 aromatic carbocycles. The van der Waals surface area contributed by atoms with E-state index in [0.717, 1.165) is 42.4 Å². The third-order valence-corrected chi connectivity index (χ3v) is 5.11. The Morgan fingerprint density at radius 2 is 1.76 bits per heavy atom. The summed E-state index contributed by atoms with van der Waals surface area (Å²) in [6.45, 7) is 1.63. The lowest BCUT2D eigenvalue weighted by molar-refractivity contribution is -0.130. The summed E-state index contributed by atoms with van der Waals surface area (Å²) in [5.41, 5.74) is 2.57. The SMILES string of the molecule is O=C(C[C@H](c1ccccc1F)c1c[nH]c2ccccc12)N1CCCC1. The second-order valence-electron chi connectivity index (χ2n) is 6.66. The Labute approximate surface area is 146 Å². The van der Waals surface area contributed by atoms with Gasteiger partial charge in [-0.1, -0.05) is 36.4 Å². The fraction of sp³-hybridized carbons (Fsp3) is 0.286. The normalized spacial score (nSPS) is 15.6. The van der Waals surface area contributed by atoms with Crippen LogP contribution in [-0.2, 0) is 4.79 Å². The zero-order valence-electron chi connectivity index (χ0n) is 14.0. The number of rotatable bonds is 4. The summed E-state index contributed by atoms with van der Waals surface area (Å²) < 4.78 is 14.5. The van der Waals surface area contributed by atoms with E-state index in [1.54, 1.807) is 12.1 Å². The molecule has 4 rings (SSSR count). The molecule has 3 aromatic rings. The van der Waals surface area contributed by atoms with Crippen LogP contribution in [0.5, 0.6) is 0 Å². The van der Waals surface area contributed by atoms with Gasteiger partial charge in [0.1, 0.15) is 5.82 Å². The molecule has 1 N–H and O–H groups in total. The van der Waals surface area contributed by atoms with Crippen LogP contribution < -0.4 is 0 Å². The first-order chi connectivity index (χ1) is 12.2. The smallest absolute Gasteiger partial charge is 0.223 e. The van der Waals surface area contributed by atoms with Crippen LogP contribution in [0.3, 0.4) is 0 Å². The van der Waals surface area contributed by atoms with Gasteiger partial charge in [-0.15, -0.1) is 0 Å². The molecular formula is C21H21FN2O. The number of para-hydroxylation sites is 1. The maximum Gasteiger partial charge on any atom is 0.223 e. The summed E-state index contributed by atoms with van der Waals surface area (Å²) >= 11 is 0. The Morgan fingerprint density at radius 1 is 1.04 bits per heavy atom. The molecule has 0 spiro atoms. The van der Waals surface area contributed by atoms with Gasteiger partial charge in [0.05, 0.1) is 0 Å². The Bertz CT molecular complexity index is 896. The van der Waals surface area contributed by atoms with Crippen LogP contribution in [0.15, 0.2) is 54.7 Å². The number of likely N-dealkylation sites (tertiary alicyclic amines) is 1. The molecule has 1 atom stereocenters. The highest BCUT2D eigenvalue weighted by atomic mass is 19.1. The van der Waals surface area contributed by atoms with Crippen molar-refractivity contribution < 1.29 is 9.18 Å². The highest BCUT2D eigenvalue weighted by Crippen LogP contribution is 2.35. The van der Waals surface area contributed by atoms with Crippen LogP contribution in [0, 0.1) is 5.82 Å². The number of amides is 1. The summed E-state index contributed by atoms with van der Waals surface area (Å²) in [6.07, 6.45) is 4.33. The summed E-state index contributed by atoms with van der Waals surface area (Å²) in [6, 6.07) is 14.7. The minimum atomic E-state index is -0.287. The van der Waals surface area contributed by atoms with Gasteiger partial charge in [-0.25, -0.2) is 4.39 Å². The predicted octanol–water partition coefficient (Wildman–Crippen LogP) is 4.45. The number of carbonyl (C=O) groups is 1. The molecule has 1 aromatic heterocycles. The van der Waals surface area contributed by atoms with Gasteiger partial charge < -0.3 is 9.88 Å². The van der Waals surface area contributed by atoms with Crippen molar-refractivity contribution >= 4 is 16.8 Å². The maximum atomic E-state index is 14.5. The first kappa shape index (κ1) is 15.9. The second-order valence-corrected chi connectivity index (χ2v) is 6.66. The van der Waals surface area contributed by atoms with Crippen molar-refractivity contribution in [2.75, 3.05) is 13.1 Å². The van der Waals surface area contributed by atoms with Crippen molar-refractivity contribution in [2.24, 2.45) is 0 Å². The quantitative estimate of drug-likeness (QED) is 0.751. The zero-order valence-corrected chi connectivity index (χ0v) is 14.0. The highest BCUT2D eigenvalue weighted by molar-refractivity contribution is 5.86. The van der Waals surface area contributed by atoms with Crippen molar-refractivity contribution in [3.63, 3.8) is 0 Å². The second kappa shape index (κ2) is 6.71. The molecule has 1 aliphatic rings. The molecule has 0 unspecified atom stereocenters. The number of nitrogens with zero attached hydrogens (tertiary/aromatic N) is 1. The first-order valence-corrected chi connectivity index (χ1v) is 8.82. The molecule has 1 saturated heterocycles. The van der Waals surface area contributed by atoms with Gasteiger partial charge in [0.25, 0.3) is 0 Å². The van der Waals surface area contributed by atoms with Crippen LogP contribution in [0.2, 0.25) is 0 Å². The number of H-pyrrole nitrogens is 1. The highest BCUT2D eigenvalue weighted by Gasteiger charge is 2.27. The number of hydrogen-bond donors (Lipinski definition) is 1. The molecular weight excluding hydrogens is 315 g/mol. The van der Waals surface area contributed by atoms with Crippen molar-refractivity contribution in [1.29, 1.82) is 0 Å².